The maximum Gasteiger partial charge on any atom is 0.151 e. The summed E-state index contributed by atoms with van der Waals surface area (Å²) in [5.41, 5.74) is 1.46. The molecule has 2 aromatic carbocycles. The van der Waals surface area contributed by atoms with E-state index in [0.717, 1.165) is 0 Å². The summed E-state index contributed by atoms with van der Waals surface area (Å²) in [6.07, 6.45) is 0. The molecule has 0 unspecified atom stereocenters. The van der Waals surface area contributed by atoms with Crippen LogP contribution in [0.3, 0.4) is 0 Å². The van der Waals surface area contributed by atoms with Crippen molar-refractivity contribution in [3.63, 3.8) is 0 Å². The summed E-state index contributed by atoms with van der Waals surface area (Å²) in [4.78, 5) is 0. The summed E-state index contributed by atoms with van der Waals surface area (Å²) in [5.74, 6) is -0.155. The number of fused-ring (bicyclic) bond motifs is 1. The fraction of sp³-hybridized carbons (Fsp3) is 0.235. The molecule has 1 heterocycles. The van der Waals surface area contributed by atoms with Gasteiger partial charge in [0.25, 0.3) is 0 Å². The molecule has 3 rings (SSSR count). The van der Waals surface area contributed by atoms with Crippen molar-refractivity contribution in [1.29, 1.82) is 0 Å². The van der Waals surface area contributed by atoms with Gasteiger partial charge in [-0.2, -0.15) is 5.10 Å². The molecule has 0 saturated carbocycles. The number of rotatable bonds is 3. The molecule has 0 aliphatic rings. The van der Waals surface area contributed by atoms with Crippen molar-refractivity contribution in [3.05, 3.63) is 42.2 Å². The summed E-state index contributed by atoms with van der Waals surface area (Å²) < 4.78 is 15.7. The van der Waals surface area contributed by atoms with Gasteiger partial charge in [0.2, 0.25) is 0 Å². The molecule has 3 aromatic rings. The molecule has 4 nitrogen and oxygen atoms in total. The molecule has 0 radical (unpaired) electrons. The van der Waals surface area contributed by atoms with Crippen molar-refractivity contribution in [2.45, 2.75) is 20.4 Å². The lowest BCUT2D eigenvalue weighted by atomic mass is 10.1. The molecule has 0 aliphatic carbocycles. The van der Waals surface area contributed by atoms with Crippen LogP contribution >= 0.6 is 0 Å². The van der Waals surface area contributed by atoms with Crippen LogP contribution in [0.2, 0.25) is 0 Å². The van der Waals surface area contributed by atoms with Crippen LogP contribution in [0.15, 0.2) is 36.4 Å². The molecular weight excluding hydrogens is 283 g/mol. The lowest BCUT2D eigenvalue weighted by Crippen LogP contribution is -2.07. The average molecular weight is 300 g/mol. The van der Waals surface area contributed by atoms with Gasteiger partial charge in [-0.05, 0) is 24.1 Å². The standard InChI is InChI=1S/C17H17FN2O2/c1-10(2)9-20-17(12-7-6-11(21)8-15(12)22)13-4-3-5-14(18)16(13)19-20/h3-8,10,21-22H,9H2,1-2H3. The van der Waals surface area contributed by atoms with E-state index in [1.165, 1.54) is 18.2 Å². The molecule has 1 aromatic heterocycles. The number of hydrogen-bond donors (Lipinski definition) is 2. The maximum atomic E-state index is 14.0. The van der Waals surface area contributed by atoms with Gasteiger partial charge in [0.1, 0.15) is 17.0 Å². The Bertz CT molecular complexity index is 840. The minimum absolute atomic E-state index is 0.0216. The van der Waals surface area contributed by atoms with E-state index >= 15 is 0 Å². The highest BCUT2D eigenvalue weighted by atomic mass is 19.1. The largest absolute Gasteiger partial charge is 0.508 e. The fourth-order valence-electron chi connectivity index (χ4n) is 2.60. The summed E-state index contributed by atoms with van der Waals surface area (Å²) in [6.45, 7) is 4.69. The molecule has 0 spiro atoms. The first-order valence-electron chi connectivity index (χ1n) is 7.14. The third-order valence-corrected chi connectivity index (χ3v) is 3.50. The van der Waals surface area contributed by atoms with Gasteiger partial charge in [-0.15, -0.1) is 0 Å². The van der Waals surface area contributed by atoms with Gasteiger partial charge in [-0.1, -0.05) is 26.0 Å². The Morgan fingerprint density at radius 2 is 1.95 bits per heavy atom. The SMILES string of the molecule is CC(C)Cn1nc2c(F)cccc2c1-c1ccc(O)cc1O. The van der Waals surface area contributed by atoms with Crippen LogP contribution in [0.25, 0.3) is 22.2 Å². The minimum Gasteiger partial charge on any atom is -0.508 e. The molecule has 0 aliphatic heterocycles. The maximum absolute atomic E-state index is 14.0. The zero-order valence-electron chi connectivity index (χ0n) is 12.4. The van der Waals surface area contributed by atoms with Crippen LogP contribution in [0.4, 0.5) is 4.39 Å². The smallest absolute Gasteiger partial charge is 0.151 e. The van der Waals surface area contributed by atoms with E-state index in [1.54, 1.807) is 22.9 Å². The van der Waals surface area contributed by atoms with Crippen molar-refractivity contribution in [1.82, 2.24) is 9.78 Å². The Morgan fingerprint density at radius 1 is 1.18 bits per heavy atom. The summed E-state index contributed by atoms with van der Waals surface area (Å²) in [5, 5.41) is 24.6. The van der Waals surface area contributed by atoms with E-state index < -0.39 is 0 Å². The highest BCUT2D eigenvalue weighted by Crippen LogP contribution is 2.37. The van der Waals surface area contributed by atoms with E-state index in [4.69, 9.17) is 0 Å². The number of halogens is 1. The average Bonchev–Trinajstić information content (AvgIpc) is 2.78. The normalized spacial score (nSPS) is 11.5. The van der Waals surface area contributed by atoms with Crippen molar-refractivity contribution in [3.8, 4) is 22.8 Å². The van der Waals surface area contributed by atoms with E-state index in [-0.39, 0.29) is 22.8 Å². The number of aromatic hydroxyl groups is 2. The van der Waals surface area contributed by atoms with Gasteiger partial charge in [0, 0.05) is 23.6 Å². The fourth-order valence-corrected chi connectivity index (χ4v) is 2.60. The third-order valence-electron chi connectivity index (χ3n) is 3.50. The molecule has 0 fully saturated rings. The molecule has 0 bridgehead atoms. The monoisotopic (exact) mass is 300 g/mol. The topological polar surface area (TPSA) is 58.3 Å². The Balaban J connectivity index is 2.32. The Hall–Kier alpha value is -2.56. The van der Waals surface area contributed by atoms with Gasteiger partial charge >= 0.3 is 0 Å². The first kappa shape index (κ1) is 14.4. The molecular formula is C17H17FN2O2. The van der Waals surface area contributed by atoms with Gasteiger partial charge in [-0.3, -0.25) is 4.68 Å². The van der Waals surface area contributed by atoms with Crippen molar-refractivity contribution in [2.75, 3.05) is 0 Å². The van der Waals surface area contributed by atoms with Gasteiger partial charge in [0.15, 0.2) is 5.82 Å². The second-order valence-electron chi connectivity index (χ2n) is 5.76. The Labute approximate surface area is 127 Å². The van der Waals surface area contributed by atoms with Gasteiger partial charge < -0.3 is 10.2 Å². The zero-order valence-corrected chi connectivity index (χ0v) is 12.4. The van der Waals surface area contributed by atoms with Crippen LogP contribution in [0, 0.1) is 11.7 Å². The van der Waals surface area contributed by atoms with Crippen LogP contribution in [-0.2, 0) is 6.54 Å². The van der Waals surface area contributed by atoms with Gasteiger partial charge in [0.05, 0.1) is 5.69 Å². The molecule has 0 amide bonds. The highest BCUT2D eigenvalue weighted by molar-refractivity contribution is 5.95. The molecule has 5 heteroatoms. The highest BCUT2D eigenvalue weighted by Gasteiger charge is 2.19. The first-order chi connectivity index (χ1) is 10.5. The number of benzene rings is 2. The summed E-state index contributed by atoms with van der Waals surface area (Å²) in [7, 11) is 0. The van der Waals surface area contributed by atoms with E-state index in [9.17, 15) is 14.6 Å². The van der Waals surface area contributed by atoms with E-state index in [0.29, 0.717) is 29.1 Å². The first-order valence-corrected chi connectivity index (χ1v) is 7.14. The van der Waals surface area contributed by atoms with Crippen LogP contribution < -0.4 is 0 Å². The number of hydrogen-bond acceptors (Lipinski definition) is 3. The quantitative estimate of drug-likeness (QED) is 0.771. The molecule has 22 heavy (non-hydrogen) atoms. The molecule has 114 valence electrons. The van der Waals surface area contributed by atoms with Gasteiger partial charge in [-0.25, -0.2) is 4.39 Å². The second kappa shape index (κ2) is 5.33. The lowest BCUT2D eigenvalue weighted by molar-refractivity contribution is 0.450. The number of phenolic OH excluding ortho intramolecular Hbond substituents is 2. The summed E-state index contributed by atoms with van der Waals surface area (Å²) >= 11 is 0. The van der Waals surface area contributed by atoms with Crippen molar-refractivity contribution in [2.24, 2.45) is 5.92 Å². The number of nitrogens with zero attached hydrogens (tertiary/aromatic N) is 2. The Kier molecular flexibility index (Phi) is 3.48. The van der Waals surface area contributed by atoms with Crippen molar-refractivity contribution < 1.29 is 14.6 Å². The lowest BCUT2D eigenvalue weighted by Gasteiger charge is -2.11. The van der Waals surface area contributed by atoms with Crippen LogP contribution in [-0.4, -0.2) is 20.0 Å². The van der Waals surface area contributed by atoms with Crippen molar-refractivity contribution >= 4 is 10.9 Å². The molecule has 0 atom stereocenters. The number of phenols is 2. The molecule has 2 N–H and O–H groups in total. The Morgan fingerprint density at radius 3 is 2.64 bits per heavy atom. The third kappa shape index (κ3) is 2.39. The van der Waals surface area contributed by atoms with Crippen LogP contribution in [0.5, 0.6) is 11.5 Å². The minimum atomic E-state index is -0.389. The molecule has 0 saturated heterocycles. The van der Waals surface area contributed by atoms with E-state index in [1.807, 2.05) is 13.8 Å². The summed E-state index contributed by atoms with van der Waals surface area (Å²) in [6, 6.07) is 9.16. The predicted octanol–water partition coefficient (Wildman–Crippen LogP) is 3.91. The zero-order chi connectivity index (χ0) is 15.9. The van der Waals surface area contributed by atoms with E-state index in [2.05, 4.69) is 5.10 Å². The van der Waals surface area contributed by atoms with Crippen LogP contribution in [0.1, 0.15) is 13.8 Å². The number of aromatic nitrogens is 2. The predicted molar refractivity (Wildman–Crippen MR) is 83.3 cm³/mol. The second-order valence-corrected chi connectivity index (χ2v) is 5.76.